The Labute approximate surface area is 75.8 Å². The van der Waals surface area contributed by atoms with E-state index in [1.54, 1.807) is 12.1 Å². The molecule has 0 unspecified atom stereocenters. The van der Waals surface area contributed by atoms with Crippen molar-refractivity contribution < 1.29 is 9.52 Å². The van der Waals surface area contributed by atoms with Gasteiger partial charge in [0.1, 0.15) is 0 Å². The number of hydrogen-bond acceptors (Lipinski definition) is 3. The zero-order chi connectivity index (χ0) is 9.68. The highest BCUT2D eigenvalue weighted by molar-refractivity contribution is 5.90. The van der Waals surface area contributed by atoms with Gasteiger partial charge in [0.2, 0.25) is 0 Å². The lowest BCUT2D eigenvalue weighted by Crippen LogP contribution is -2.40. The average Bonchev–Trinajstić information content (AvgIpc) is 2.15. The molecule has 1 aromatic rings. The lowest BCUT2D eigenvalue weighted by Gasteiger charge is -2.03. The molecule has 0 saturated carbocycles. The van der Waals surface area contributed by atoms with Gasteiger partial charge in [-0.1, -0.05) is 0 Å². The maximum absolute atomic E-state index is 11.2. The number of nitrogens with one attached hydrogen (secondary N) is 1. The van der Waals surface area contributed by atoms with Crippen molar-refractivity contribution in [3.63, 3.8) is 0 Å². The zero-order valence-corrected chi connectivity index (χ0v) is 7.06. The highest BCUT2D eigenvalue weighted by Crippen LogP contribution is 1.89. The summed E-state index contributed by atoms with van der Waals surface area (Å²) in [4.78, 5) is 11.2. The third-order valence-electron chi connectivity index (χ3n) is 1.49. The standard InChI is InChI=1S/C8H11N3O2/c9-4-5-10-8(12)7-3-1-2-6-11(7)13/h1-3,6H,4-5,9H2,(H,10,12). The molecule has 0 aliphatic heterocycles. The minimum Gasteiger partial charge on any atom is -0.618 e. The van der Waals surface area contributed by atoms with Gasteiger partial charge < -0.3 is 16.3 Å². The van der Waals surface area contributed by atoms with E-state index in [0.717, 1.165) is 0 Å². The quantitative estimate of drug-likeness (QED) is 0.464. The predicted octanol–water partition coefficient (Wildman–Crippen LogP) is -0.992. The monoisotopic (exact) mass is 181 g/mol. The van der Waals surface area contributed by atoms with E-state index in [9.17, 15) is 10.0 Å². The maximum Gasteiger partial charge on any atom is 0.317 e. The molecule has 0 fully saturated rings. The topological polar surface area (TPSA) is 82.1 Å². The third-order valence-corrected chi connectivity index (χ3v) is 1.49. The van der Waals surface area contributed by atoms with Crippen molar-refractivity contribution in [2.45, 2.75) is 0 Å². The number of nitrogens with two attached hydrogens (primary N) is 1. The second-order valence-corrected chi connectivity index (χ2v) is 2.46. The first-order chi connectivity index (χ1) is 6.25. The van der Waals surface area contributed by atoms with Gasteiger partial charge in [0.05, 0.1) is 0 Å². The molecule has 5 heteroatoms. The molecule has 0 spiro atoms. The molecule has 0 saturated heterocycles. The largest absolute Gasteiger partial charge is 0.618 e. The summed E-state index contributed by atoms with van der Waals surface area (Å²) in [5.74, 6) is -0.402. The van der Waals surface area contributed by atoms with Gasteiger partial charge in [-0.25, -0.2) is 0 Å². The van der Waals surface area contributed by atoms with E-state index in [0.29, 0.717) is 17.8 Å². The minimum atomic E-state index is -0.402. The van der Waals surface area contributed by atoms with Crippen LogP contribution in [0.25, 0.3) is 0 Å². The van der Waals surface area contributed by atoms with Gasteiger partial charge >= 0.3 is 5.91 Å². The summed E-state index contributed by atoms with van der Waals surface area (Å²) in [6.45, 7) is 0.727. The van der Waals surface area contributed by atoms with Gasteiger partial charge in [0.15, 0.2) is 6.20 Å². The van der Waals surface area contributed by atoms with E-state index in [2.05, 4.69) is 5.32 Å². The summed E-state index contributed by atoms with van der Waals surface area (Å²) in [7, 11) is 0. The Morgan fingerprint density at radius 1 is 1.62 bits per heavy atom. The number of aromatic nitrogens is 1. The molecule has 1 heterocycles. The molecule has 1 amide bonds. The Kier molecular flexibility index (Phi) is 3.22. The Balaban J connectivity index is 2.71. The number of nitrogens with zero attached hydrogens (tertiary/aromatic N) is 1. The molecule has 3 N–H and O–H groups in total. The fourth-order valence-electron chi connectivity index (χ4n) is 0.880. The second-order valence-electron chi connectivity index (χ2n) is 2.46. The lowest BCUT2D eigenvalue weighted by atomic mass is 10.3. The SMILES string of the molecule is NCCNC(=O)c1cccc[n+]1[O-]. The Morgan fingerprint density at radius 2 is 2.38 bits per heavy atom. The first kappa shape index (κ1) is 9.47. The fourth-order valence-corrected chi connectivity index (χ4v) is 0.880. The molecule has 0 bridgehead atoms. The molecule has 1 aromatic heterocycles. The van der Waals surface area contributed by atoms with Crippen molar-refractivity contribution in [2.24, 2.45) is 5.73 Å². The van der Waals surface area contributed by atoms with Crippen LogP contribution in [-0.4, -0.2) is 19.0 Å². The van der Waals surface area contributed by atoms with Crippen LogP contribution in [0.5, 0.6) is 0 Å². The molecule has 0 aromatic carbocycles. The smallest absolute Gasteiger partial charge is 0.317 e. The van der Waals surface area contributed by atoms with Crippen LogP contribution < -0.4 is 15.8 Å². The number of hydrogen-bond donors (Lipinski definition) is 2. The summed E-state index contributed by atoms with van der Waals surface area (Å²) in [6, 6.07) is 4.65. The maximum atomic E-state index is 11.2. The summed E-state index contributed by atoms with van der Waals surface area (Å²) in [6.07, 6.45) is 1.28. The van der Waals surface area contributed by atoms with Crippen LogP contribution in [0.15, 0.2) is 24.4 Å². The van der Waals surface area contributed by atoms with Crippen LogP contribution in [0.1, 0.15) is 10.5 Å². The van der Waals surface area contributed by atoms with E-state index in [-0.39, 0.29) is 5.69 Å². The van der Waals surface area contributed by atoms with Crippen molar-refractivity contribution in [1.29, 1.82) is 0 Å². The van der Waals surface area contributed by atoms with Crippen molar-refractivity contribution >= 4 is 5.91 Å². The highest BCUT2D eigenvalue weighted by atomic mass is 16.5. The van der Waals surface area contributed by atoms with Gasteiger partial charge in [0.25, 0.3) is 5.69 Å². The van der Waals surface area contributed by atoms with Crippen molar-refractivity contribution in [2.75, 3.05) is 13.1 Å². The van der Waals surface area contributed by atoms with Gasteiger partial charge in [0, 0.05) is 25.2 Å². The number of pyridine rings is 1. The Bertz CT molecular complexity index is 301. The first-order valence-electron chi connectivity index (χ1n) is 3.92. The van der Waals surface area contributed by atoms with Crippen LogP contribution in [-0.2, 0) is 0 Å². The average molecular weight is 181 g/mol. The normalized spacial score (nSPS) is 9.62. The van der Waals surface area contributed by atoms with E-state index in [1.807, 2.05) is 0 Å². The molecule has 0 radical (unpaired) electrons. The Hall–Kier alpha value is -1.62. The van der Waals surface area contributed by atoms with Gasteiger partial charge in [-0.3, -0.25) is 4.79 Å². The molecule has 1 rings (SSSR count). The Morgan fingerprint density at radius 3 is 3.00 bits per heavy atom. The first-order valence-corrected chi connectivity index (χ1v) is 3.92. The summed E-state index contributed by atoms with van der Waals surface area (Å²) < 4.78 is 0.520. The van der Waals surface area contributed by atoms with Crippen LogP contribution in [0.2, 0.25) is 0 Å². The van der Waals surface area contributed by atoms with E-state index in [4.69, 9.17) is 5.73 Å². The van der Waals surface area contributed by atoms with E-state index in [1.165, 1.54) is 12.3 Å². The van der Waals surface area contributed by atoms with Crippen molar-refractivity contribution in [1.82, 2.24) is 5.32 Å². The van der Waals surface area contributed by atoms with Gasteiger partial charge in [-0.15, -0.1) is 0 Å². The molecular formula is C8H11N3O2. The number of amides is 1. The van der Waals surface area contributed by atoms with Gasteiger partial charge in [-0.2, -0.15) is 4.73 Å². The van der Waals surface area contributed by atoms with Crippen LogP contribution in [0.4, 0.5) is 0 Å². The van der Waals surface area contributed by atoms with Crippen molar-refractivity contribution in [3.8, 4) is 0 Å². The molecule has 0 aliphatic rings. The van der Waals surface area contributed by atoms with E-state index >= 15 is 0 Å². The fraction of sp³-hybridized carbons (Fsp3) is 0.250. The minimum absolute atomic E-state index is 0.0796. The summed E-state index contributed by atoms with van der Waals surface area (Å²) in [5.41, 5.74) is 5.27. The molecule has 13 heavy (non-hydrogen) atoms. The summed E-state index contributed by atoms with van der Waals surface area (Å²) >= 11 is 0. The molecule has 70 valence electrons. The summed E-state index contributed by atoms with van der Waals surface area (Å²) in [5, 5.41) is 13.6. The molecular weight excluding hydrogens is 170 g/mol. The third kappa shape index (κ3) is 2.41. The molecule has 0 atom stereocenters. The van der Waals surface area contributed by atoms with Crippen LogP contribution >= 0.6 is 0 Å². The van der Waals surface area contributed by atoms with Gasteiger partial charge in [-0.05, 0) is 6.07 Å². The molecule has 0 aliphatic carbocycles. The van der Waals surface area contributed by atoms with E-state index < -0.39 is 5.91 Å². The predicted molar refractivity (Wildman–Crippen MR) is 46.8 cm³/mol. The number of carbonyl (C=O) groups excluding carboxylic acids is 1. The number of rotatable bonds is 3. The zero-order valence-electron chi connectivity index (χ0n) is 7.06. The highest BCUT2D eigenvalue weighted by Gasteiger charge is 2.12. The van der Waals surface area contributed by atoms with Crippen LogP contribution in [0.3, 0.4) is 0 Å². The molecule has 5 nitrogen and oxygen atoms in total. The van der Waals surface area contributed by atoms with Crippen molar-refractivity contribution in [3.05, 3.63) is 35.3 Å². The second kappa shape index (κ2) is 4.42. The lowest BCUT2D eigenvalue weighted by molar-refractivity contribution is -0.607. The van der Waals surface area contributed by atoms with Crippen LogP contribution in [0, 0.1) is 5.21 Å². The number of carbonyl (C=O) groups is 1.